The largest absolute Gasteiger partial charge is 0.457 e. The zero-order valence-corrected chi connectivity index (χ0v) is 17.3. The van der Waals surface area contributed by atoms with Gasteiger partial charge in [0.25, 0.3) is 5.69 Å². The number of rotatable bonds is 6. The van der Waals surface area contributed by atoms with Crippen LogP contribution in [0, 0.1) is 10.1 Å². The smallest absolute Gasteiger partial charge is 0.270 e. The third-order valence-electron chi connectivity index (χ3n) is 4.41. The Bertz CT molecular complexity index is 1320. The second kappa shape index (κ2) is 8.63. The highest BCUT2D eigenvalue weighted by Gasteiger charge is 2.13. The van der Waals surface area contributed by atoms with Crippen molar-refractivity contribution >= 4 is 40.7 Å². The maximum Gasteiger partial charge on any atom is 0.270 e. The van der Waals surface area contributed by atoms with Gasteiger partial charge in [-0.3, -0.25) is 14.9 Å². The summed E-state index contributed by atoms with van der Waals surface area (Å²) in [6.07, 6.45) is 2.82. The third kappa shape index (κ3) is 4.60. The number of hydrogen-bond donors (Lipinski definition) is 0. The van der Waals surface area contributed by atoms with Gasteiger partial charge in [0.05, 0.1) is 9.95 Å². The number of nitro benzene ring substituents is 1. The van der Waals surface area contributed by atoms with Gasteiger partial charge in [-0.2, -0.15) is 0 Å². The zero-order valence-electron chi connectivity index (χ0n) is 15.7. The summed E-state index contributed by atoms with van der Waals surface area (Å²) < 4.78 is 11.3. The number of carbonyl (C=O) groups is 1. The van der Waals surface area contributed by atoms with Crippen LogP contribution in [0.25, 0.3) is 28.7 Å². The van der Waals surface area contributed by atoms with Crippen LogP contribution in [0.1, 0.15) is 16.3 Å². The van der Waals surface area contributed by atoms with Crippen LogP contribution in [-0.2, 0) is 0 Å². The molecule has 4 aromatic rings. The molecule has 0 aliphatic carbocycles. The Labute approximate surface area is 186 Å². The first-order valence-corrected chi connectivity index (χ1v) is 9.78. The molecule has 0 N–H and O–H groups in total. The first-order chi connectivity index (χ1) is 14.9. The van der Waals surface area contributed by atoms with Crippen LogP contribution in [0.4, 0.5) is 5.69 Å². The number of halogens is 2. The Morgan fingerprint density at radius 3 is 2.52 bits per heavy atom. The molecule has 0 saturated heterocycles. The summed E-state index contributed by atoms with van der Waals surface area (Å²) in [6, 6.07) is 17.7. The van der Waals surface area contributed by atoms with Gasteiger partial charge in [-0.15, -0.1) is 0 Å². The summed E-state index contributed by atoms with van der Waals surface area (Å²) in [5.41, 5.74) is 1.16. The van der Waals surface area contributed by atoms with Crippen molar-refractivity contribution in [2.45, 2.75) is 0 Å². The van der Waals surface area contributed by atoms with Gasteiger partial charge in [0, 0.05) is 28.3 Å². The number of hydrogen-bond acceptors (Lipinski definition) is 5. The topological polar surface area (TPSA) is 86.5 Å². The Hall–Kier alpha value is -3.61. The van der Waals surface area contributed by atoms with E-state index < -0.39 is 4.92 Å². The van der Waals surface area contributed by atoms with Crippen molar-refractivity contribution in [3.05, 3.63) is 104 Å². The van der Waals surface area contributed by atoms with Crippen LogP contribution >= 0.6 is 23.2 Å². The van der Waals surface area contributed by atoms with E-state index in [0.717, 1.165) is 0 Å². The molecule has 0 aliphatic heterocycles. The molecule has 0 fully saturated rings. The van der Waals surface area contributed by atoms with Gasteiger partial charge in [-0.1, -0.05) is 35.3 Å². The molecule has 0 saturated carbocycles. The highest BCUT2D eigenvalue weighted by Crippen LogP contribution is 2.32. The predicted molar refractivity (Wildman–Crippen MR) is 118 cm³/mol. The minimum atomic E-state index is -0.471. The summed E-state index contributed by atoms with van der Waals surface area (Å²) >= 11 is 12.1. The zero-order chi connectivity index (χ0) is 22.0. The third-order valence-corrected chi connectivity index (χ3v) is 4.96. The Kier molecular flexibility index (Phi) is 5.75. The van der Waals surface area contributed by atoms with Gasteiger partial charge in [0.15, 0.2) is 5.76 Å². The second-order valence-corrected chi connectivity index (χ2v) is 7.34. The maximum absolute atomic E-state index is 12.4. The molecule has 0 bridgehead atoms. The lowest BCUT2D eigenvalue weighted by molar-refractivity contribution is -0.384. The lowest BCUT2D eigenvalue weighted by atomic mass is 10.1. The number of nitro groups is 1. The summed E-state index contributed by atoms with van der Waals surface area (Å²) in [5, 5.41) is 11.9. The fourth-order valence-corrected chi connectivity index (χ4v) is 3.42. The molecule has 6 nitrogen and oxygen atoms in total. The maximum atomic E-state index is 12.4. The molecule has 4 rings (SSSR count). The number of furan rings is 2. The van der Waals surface area contributed by atoms with Crippen LogP contribution in [-0.4, -0.2) is 10.7 Å². The van der Waals surface area contributed by atoms with Gasteiger partial charge >= 0.3 is 0 Å². The molecule has 8 heteroatoms. The van der Waals surface area contributed by atoms with E-state index in [0.29, 0.717) is 38.5 Å². The first-order valence-electron chi connectivity index (χ1n) is 9.03. The van der Waals surface area contributed by atoms with Crippen LogP contribution in [0.2, 0.25) is 10.0 Å². The van der Waals surface area contributed by atoms with Crippen LogP contribution in [0.15, 0.2) is 81.6 Å². The molecular weight excluding hydrogens is 441 g/mol. The number of allylic oxidation sites excluding steroid dienone is 1. The van der Waals surface area contributed by atoms with Crippen molar-refractivity contribution in [2.75, 3.05) is 0 Å². The van der Waals surface area contributed by atoms with Gasteiger partial charge in [0.2, 0.25) is 5.78 Å². The molecule has 31 heavy (non-hydrogen) atoms. The van der Waals surface area contributed by atoms with Gasteiger partial charge in [0.1, 0.15) is 17.3 Å². The Morgan fingerprint density at radius 1 is 0.935 bits per heavy atom. The molecule has 0 radical (unpaired) electrons. The van der Waals surface area contributed by atoms with E-state index in [1.54, 1.807) is 54.6 Å². The van der Waals surface area contributed by atoms with E-state index >= 15 is 0 Å². The van der Waals surface area contributed by atoms with Gasteiger partial charge in [-0.25, -0.2) is 0 Å². The van der Waals surface area contributed by atoms with Gasteiger partial charge in [-0.05, 0) is 54.6 Å². The summed E-state index contributed by atoms with van der Waals surface area (Å²) in [6.45, 7) is 0. The van der Waals surface area contributed by atoms with Crippen molar-refractivity contribution in [3.8, 4) is 22.6 Å². The van der Waals surface area contributed by atoms with E-state index in [1.165, 1.54) is 24.3 Å². The predicted octanol–water partition coefficient (Wildman–Crippen LogP) is 7.32. The number of benzene rings is 2. The highest BCUT2D eigenvalue weighted by molar-refractivity contribution is 6.36. The molecule has 0 atom stereocenters. The Balaban J connectivity index is 1.50. The number of nitrogens with zero attached hydrogens (tertiary/aromatic N) is 1. The van der Waals surface area contributed by atoms with E-state index in [1.807, 2.05) is 0 Å². The summed E-state index contributed by atoms with van der Waals surface area (Å²) in [5.74, 6) is 1.10. The van der Waals surface area contributed by atoms with Crippen molar-refractivity contribution in [3.63, 3.8) is 0 Å². The van der Waals surface area contributed by atoms with E-state index in [9.17, 15) is 14.9 Å². The van der Waals surface area contributed by atoms with Crippen molar-refractivity contribution in [2.24, 2.45) is 0 Å². The molecular formula is C23H13Cl2NO5. The van der Waals surface area contributed by atoms with E-state index in [4.69, 9.17) is 32.0 Å². The summed E-state index contributed by atoms with van der Waals surface area (Å²) in [7, 11) is 0. The van der Waals surface area contributed by atoms with Crippen molar-refractivity contribution in [1.29, 1.82) is 0 Å². The average Bonchev–Trinajstić information content (AvgIpc) is 3.42. The lowest BCUT2D eigenvalue weighted by Crippen LogP contribution is -1.90. The van der Waals surface area contributed by atoms with Crippen LogP contribution < -0.4 is 0 Å². The molecule has 0 spiro atoms. The molecule has 154 valence electrons. The standard InChI is InChI=1S/C23H13Cl2NO5/c24-15-4-7-18(19(25)13-15)22-10-11-23(31-22)20(27)8-5-17-6-9-21(30-17)14-2-1-3-16(12-14)26(28)29/h1-13H. The molecule has 2 heterocycles. The number of carbonyl (C=O) groups excluding carboxylic acids is 1. The lowest BCUT2D eigenvalue weighted by Gasteiger charge is -2.00. The molecule has 0 amide bonds. The normalized spacial score (nSPS) is 11.2. The monoisotopic (exact) mass is 453 g/mol. The van der Waals surface area contributed by atoms with Crippen LogP contribution in [0.3, 0.4) is 0 Å². The minimum Gasteiger partial charge on any atom is -0.457 e. The Morgan fingerprint density at radius 2 is 1.74 bits per heavy atom. The fourth-order valence-electron chi connectivity index (χ4n) is 2.91. The SMILES string of the molecule is O=C(C=Cc1ccc(-c2cccc([N+](=O)[O-])c2)o1)c1ccc(-c2ccc(Cl)cc2Cl)o1. The number of non-ortho nitro benzene ring substituents is 1. The summed E-state index contributed by atoms with van der Waals surface area (Å²) in [4.78, 5) is 22.9. The fraction of sp³-hybridized carbons (Fsp3) is 0. The van der Waals surface area contributed by atoms with Crippen LogP contribution in [0.5, 0.6) is 0 Å². The van der Waals surface area contributed by atoms with E-state index in [-0.39, 0.29) is 17.2 Å². The second-order valence-electron chi connectivity index (χ2n) is 6.50. The van der Waals surface area contributed by atoms with Crippen molar-refractivity contribution < 1.29 is 18.6 Å². The van der Waals surface area contributed by atoms with Crippen molar-refractivity contribution in [1.82, 2.24) is 0 Å². The molecule has 2 aromatic carbocycles. The highest BCUT2D eigenvalue weighted by atomic mass is 35.5. The molecule has 0 unspecified atom stereocenters. The quantitative estimate of drug-likeness (QED) is 0.132. The number of ketones is 1. The molecule has 2 aromatic heterocycles. The average molecular weight is 454 g/mol. The van der Waals surface area contributed by atoms with E-state index in [2.05, 4.69) is 0 Å². The molecule has 0 aliphatic rings. The minimum absolute atomic E-state index is 0.0319. The van der Waals surface area contributed by atoms with Gasteiger partial charge < -0.3 is 8.83 Å². The first kappa shape index (κ1) is 20.7.